The van der Waals surface area contributed by atoms with Gasteiger partial charge in [0.2, 0.25) is 5.91 Å². The van der Waals surface area contributed by atoms with E-state index < -0.39 is 0 Å². The number of aromatic nitrogens is 1. The summed E-state index contributed by atoms with van der Waals surface area (Å²) in [5, 5.41) is 5.62. The quantitative estimate of drug-likeness (QED) is 0.425. The van der Waals surface area contributed by atoms with E-state index in [1.54, 1.807) is 12.5 Å². The molecule has 2 amide bonds. The number of hydrogen-bond acceptors (Lipinski definition) is 9. The number of methoxy groups -OCH3 is 1. The van der Waals surface area contributed by atoms with E-state index in [0.29, 0.717) is 69.9 Å². The van der Waals surface area contributed by atoms with Crippen molar-refractivity contribution in [3.05, 3.63) is 40.3 Å². The average Bonchev–Trinajstić information content (AvgIpc) is 3.42. The van der Waals surface area contributed by atoms with Crippen LogP contribution in [0.3, 0.4) is 0 Å². The van der Waals surface area contributed by atoms with Crippen LogP contribution in [0.5, 0.6) is 11.5 Å². The summed E-state index contributed by atoms with van der Waals surface area (Å²) in [5.74, 6) is 1.40. The molecule has 196 valence electrons. The van der Waals surface area contributed by atoms with Crippen molar-refractivity contribution in [3.63, 3.8) is 0 Å². The Hall–Kier alpha value is -2.73. The first-order valence-electron chi connectivity index (χ1n) is 12.2. The molecule has 0 spiro atoms. The molecule has 1 N–H and O–H groups in total. The minimum Gasteiger partial charge on any atom is -0.486 e. The van der Waals surface area contributed by atoms with Gasteiger partial charge in [-0.2, -0.15) is 0 Å². The lowest BCUT2D eigenvalue weighted by Crippen LogP contribution is -2.41. The first-order valence-corrected chi connectivity index (χ1v) is 13.1. The van der Waals surface area contributed by atoms with Gasteiger partial charge in [0.25, 0.3) is 5.91 Å². The number of ether oxygens (including phenoxy) is 5. The largest absolute Gasteiger partial charge is 0.486 e. The number of rotatable bonds is 12. The van der Waals surface area contributed by atoms with Gasteiger partial charge in [0.15, 0.2) is 11.5 Å². The fourth-order valence-corrected chi connectivity index (χ4v) is 5.00. The summed E-state index contributed by atoms with van der Waals surface area (Å²) >= 11 is 1.49. The van der Waals surface area contributed by atoms with Crippen LogP contribution in [0, 0.1) is 0 Å². The first-order chi connectivity index (χ1) is 17.6. The van der Waals surface area contributed by atoms with Crippen LogP contribution in [0.2, 0.25) is 0 Å². The van der Waals surface area contributed by atoms with Gasteiger partial charge in [-0.1, -0.05) is 12.1 Å². The lowest BCUT2D eigenvalue weighted by atomic mass is 9.97. The van der Waals surface area contributed by atoms with Crippen LogP contribution < -0.4 is 14.8 Å². The Bertz CT molecular complexity index is 994. The zero-order valence-corrected chi connectivity index (χ0v) is 21.3. The molecule has 2 aliphatic heterocycles. The standard InChI is InChI=1S/C25H33N3O7S/c1-31-10-11-32-12-13-33-16-23(29)28-8-6-18(7-9-28)25-27-20(17-36-25)24(30)26-14-19-15-34-21-4-2-3-5-22(21)35-19/h2-5,17-19H,6-16H2,1H3,(H,26,30). The van der Waals surface area contributed by atoms with E-state index in [2.05, 4.69) is 10.3 Å². The molecule has 1 saturated heterocycles. The number of carbonyl (C=O) groups excluding carboxylic acids is 2. The molecule has 0 aliphatic carbocycles. The van der Waals surface area contributed by atoms with Gasteiger partial charge in [-0.05, 0) is 25.0 Å². The summed E-state index contributed by atoms with van der Waals surface area (Å²) in [5.41, 5.74) is 0.409. The van der Waals surface area contributed by atoms with E-state index in [0.717, 1.165) is 17.8 Å². The summed E-state index contributed by atoms with van der Waals surface area (Å²) in [6.45, 7) is 3.95. The molecular formula is C25H33N3O7S. The zero-order valence-electron chi connectivity index (χ0n) is 20.5. The van der Waals surface area contributed by atoms with Gasteiger partial charge in [-0.25, -0.2) is 4.98 Å². The highest BCUT2D eigenvalue weighted by atomic mass is 32.1. The monoisotopic (exact) mass is 519 g/mol. The zero-order chi connectivity index (χ0) is 25.2. The maximum atomic E-state index is 12.6. The number of amides is 2. The lowest BCUT2D eigenvalue weighted by molar-refractivity contribution is -0.137. The van der Waals surface area contributed by atoms with Crippen molar-refractivity contribution in [2.45, 2.75) is 24.9 Å². The molecule has 0 radical (unpaired) electrons. The van der Waals surface area contributed by atoms with E-state index in [1.807, 2.05) is 29.2 Å². The predicted octanol–water partition coefficient (Wildman–Crippen LogP) is 2.10. The third kappa shape index (κ3) is 7.39. The number of piperidine rings is 1. The number of likely N-dealkylation sites (tertiary alicyclic amines) is 1. The summed E-state index contributed by atoms with van der Waals surface area (Å²) in [6, 6.07) is 7.49. The second kappa shape index (κ2) is 13.5. The summed E-state index contributed by atoms with van der Waals surface area (Å²) in [6.07, 6.45) is 1.37. The number of nitrogens with zero attached hydrogens (tertiary/aromatic N) is 2. The molecule has 1 aromatic heterocycles. The molecule has 2 aliphatic rings. The highest BCUT2D eigenvalue weighted by Crippen LogP contribution is 2.31. The topological polar surface area (TPSA) is 108 Å². The number of nitrogens with one attached hydrogen (secondary N) is 1. The van der Waals surface area contributed by atoms with E-state index in [4.69, 9.17) is 23.7 Å². The Morgan fingerprint density at radius 1 is 1.11 bits per heavy atom. The van der Waals surface area contributed by atoms with Crippen molar-refractivity contribution in [3.8, 4) is 11.5 Å². The van der Waals surface area contributed by atoms with Crippen LogP contribution >= 0.6 is 11.3 Å². The molecule has 3 heterocycles. The number of benzene rings is 1. The Morgan fingerprint density at radius 2 is 1.86 bits per heavy atom. The predicted molar refractivity (Wildman–Crippen MR) is 133 cm³/mol. The molecule has 1 fully saturated rings. The van der Waals surface area contributed by atoms with Gasteiger partial charge in [-0.3, -0.25) is 9.59 Å². The molecule has 1 aromatic carbocycles. The molecule has 4 rings (SSSR count). The van der Waals surface area contributed by atoms with Crippen LogP contribution in [0.1, 0.15) is 34.3 Å². The van der Waals surface area contributed by atoms with Crippen molar-refractivity contribution >= 4 is 23.2 Å². The minimum atomic E-state index is -0.254. The van der Waals surface area contributed by atoms with Gasteiger partial charge < -0.3 is 33.9 Å². The molecule has 1 atom stereocenters. The molecule has 10 nitrogen and oxygen atoms in total. The number of hydrogen-bond donors (Lipinski definition) is 1. The second-order valence-corrected chi connectivity index (χ2v) is 9.48. The van der Waals surface area contributed by atoms with Crippen LogP contribution in [-0.2, 0) is 19.0 Å². The Morgan fingerprint density at radius 3 is 2.67 bits per heavy atom. The van der Waals surface area contributed by atoms with Crippen LogP contribution in [0.4, 0.5) is 0 Å². The molecule has 1 unspecified atom stereocenters. The molecule has 36 heavy (non-hydrogen) atoms. The number of carbonyl (C=O) groups is 2. The average molecular weight is 520 g/mol. The van der Waals surface area contributed by atoms with E-state index in [9.17, 15) is 9.59 Å². The third-order valence-electron chi connectivity index (χ3n) is 6.04. The van der Waals surface area contributed by atoms with Gasteiger partial charge >= 0.3 is 0 Å². The fourth-order valence-electron chi connectivity index (χ4n) is 4.03. The maximum Gasteiger partial charge on any atom is 0.270 e. The summed E-state index contributed by atoms with van der Waals surface area (Å²) in [4.78, 5) is 31.4. The van der Waals surface area contributed by atoms with Crippen molar-refractivity contribution in [2.75, 3.05) is 66.4 Å². The highest BCUT2D eigenvalue weighted by Gasteiger charge is 2.27. The summed E-state index contributed by atoms with van der Waals surface area (Å²) < 4.78 is 27.2. The van der Waals surface area contributed by atoms with E-state index >= 15 is 0 Å². The fraction of sp³-hybridized carbons (Fsp3) is 0.560. The SMILES string of the molecule is COCCOCCOCC(=O)N1CCC(c2nc(C(=O)NCC3COc4ccccc4O3)cs2)CC1. The third-order valence-corrected chi connectivity index (χ3v) is 7.05. The van der Waals surface area contributed by atoms with Crippen LogP contribution in [-0.4, -0.2) is 94.2 Å². The van der Waals surface area contributed by atoms with E-state index in [-0.39, 0.29) is 30.4 Å². The van der Waals surface area contributed by atoms with Gasteiger partial charge in [0, 0.05) is 31.5 Å². The van der Waals surface area contributed by atoms with Gasteiger partial charge in [0.1, 0.15) is 25.0 Å². The number of fused-ring (bicyclic) bond motifs is 1. The van der Waals surface area contributed by atoms with Gasteiger partial charge in [0.05, 0.1) is 38.0 Å². The van der Waals surface area contributed by atoms with Crippen molar-refractivity contribution in [1.82, 2.24) is 15.2 Å². The van der Waals surface area contributed by atoms with Crippen molar-refractivity contribution < 1.29 is 33.3 Å². The van der Waals surface area contributed by atoms with Gasteiger partial charge in [-0.15, -0.1) is 11.3 Å². The normalized spacial score (nSPS) is 17.7. The smallest absolute Gasteiger partial charge is 0.270 e. The number of thiazole rings is 1. The maximum absolute atomic E-state index is 12.6. The molecular weight excluding hydrogens is 486 g/mol. The van der Waals surface area contributed by atoms with Crippen molar-refractivity contribution in [2.24, 2.45) is 0 Å². The lowest BCUT2D eigenvalue weighted by Gasteiger charge is -2.31. The Kier molecular flexibility index (Phi) is 9.91. The first kappa shape index (κ1) is 26.3. The van der Waals surface area contributed by atoms with Crippen LogP contribution in [0.15, 0.2) is 29.6 Å². The Balaban J connectivity index is 1.15. The Labute approximate surface area is 214 Å². The second-order valence-electron chi connectivity index (χ2n) is 8.59. The molecule has 0 saturated carbocycles. The van der Waals surface area contributed by atoms with E-state index in [1.165, 1.54) is 11.3 Å². The van der Waals surface area contributed by atoms with Crippen LogP contribution in [0.25, 0.3) is 0 Å². The molecule has 0 bridgehead atoms. The number of para-hydroxylation sites is 2. The highest BCUT2D eigenvalue weighted by molar-refractivity contribution is 7.09. The molecule has 11 heteroatoms. The minimum absolute atomic E-state index is 0.0129. The summed E-state index contributed by atoms with van der Waals surface area (Å²) in [7, 11) is 1.62. The molecule has 2 aromatic rings. The van der Waals surface area contributed by atoms with Crippen molar-refractivity contribution in [1.29, 1.82) is 0 Å².